The monoisotopic (exact) mass is 305 g/mol. The van der Waals surface area contributed by atoms with Crippen LogP contribution in [0.1, 0.15) is 18.4 Å². The van der Waals surface area contributed by atoms with E-state index in [1.807, 2.05) is 29.2 Å². The zero-order valence-electron chi connectivity index (χ0n) is 13.8. The predicted octanol–water partition coefficient (Wildman–Crippen LogP) is 1.97. The molecule has 122 valence electrons. The number of nitrogens with zero attached hydrogens (tertiary/aromatic N) is 2. The smallest absolute Gasteiger partial charge is 0.317 e. The molecule has 22 heavy (non-hydrogen) atoms. The summed E-state index contributed by atoms with van der Waals surface area (Å²) in [5.74, 6) is 0.877. The zero-order chi connectivity index (χ0) is 15.9. The van der Waals surface area contributed by atoms with Crippen LogP contribution in [0.5, 0.6) is 5.75 Å². The average Bonchev–Trinajstić information content (AvgIpc) is 2.55. The van der Waals surface area contributed by atoms with Gasteiger partial charge in [-0.1, -0.05) is 18.2 Å². The Morgan fingerprint density at radius 3 is 2.91 bits per heavy atom. The molecule has 0 aliphatic carbocycles. The maximum atomic E-state index is 12.3. The number of benzene rings is 1. The van der Waals surface area contributed by atoms with E-state index in [9.17, 15) is 4.79 Å². The maximum Gasteiger partial charge on any atom is 0.317 e. The summed E-state index contributed by atoms with van der Waals surface area (Å²) >= 11 is 0. The summed E-state index contributed by atoms with van der Waals surface area (Å²) in [4.78, 5) is 16.4. The molecule has 0 spiro atoms. The minimum atomic E-state index is 0.0430. The fourth-order valence-electron chi connectivity index (χ4n) is 2.89. The van der Waals surface area contributed by atoms with Gasteiger partial charge in [0, 0.05) is 25.7 Å². The van der Waals surface area contributed by atoms with Gasteiger partial charge >= 0.3 is 6.03 Å². The van der Waals surface area contributed by atoms with E-state index in [1.54, 1.807) is 7.11 Å². The highest BCUT2D eigenvalue weighted by Crippen LogP contribution is 2.17. The van der Waals surface area contributed by atoms with Crippen LogP contribution in [-0.2, 0) is 6.42 Å². The number of rotatable bonds is 5. The minimum Gasteiger partial charge on any atom is -0.496 e. The second-order valence-corrected chi connectivity index (χ2v) is 6.00. The SMILES string of the molecule is COc1ccccc1CCNC(=O)N1CCCC(N(C)C)C1. The van der Waals surface area contributed by atoms with Gasteiger partial charge in [0.1, 0.15) is 5.75 Å². The molecule has 0 bridgehead atoms. The van der Waals surface area contributed by atoms with Crippen LogP contribution in [-0.4, -0.2) is 62.7 Å². The first-order valence-corrected chi connectivity index (χ1v) is 7.93. The Kier molecular flexibility index (Phi) is 6.07. The molecule has 1 aromatic rings. The molecule has 5 nitrogen and oxygen atoms in total. The van der Waals surface area contributed by atoms with Crippen LogP contribution in [0.25, 0.3) is 0 Å². The van der Waals surface area contributed by atoms with Crippen LogP contribution in [0.15, 0.2) is 24.3 Å². The average molecular weight is 305 g/mol. The lowest BCUT2D eigenvalue weighted by atomic mass is 10.1. The topological polar surface area (TPSA) is 44.8 Å². The number of urea groups is 1. The van der Waals surface area contributed by atoms with Crippen molar-refractivity contribution < 1.29 is 9.53 Å². The van der Waals surface area contributed by atoms with Crippen LogP contribution >= 0.6 is 0 Å². The Morgan fingerprint density at radius 2 is 2.18 bits per heavy atom. The molecular formula is C17H27N3O2. The van der Waals surface area contributed by atoms with Crippen molar-refractivity contribution in [2.75, 3.05) is 40.8 Å². The standard InChI is InChI=1S/C17H27N3O2/c1-19(2)15-8-6-12-20(13-15)17(21)18-11-10-14-7-4-5-9-16(14)22-3/h4-5,7,9,15H,6,8,10-13H2,1-3H3,(H,18,21). The molecule has 1 unspecified atom stereocenters. The molecule has 1 N–H and O–H groups in total. The first-order chi connectivity index (χ1) is 10.6. The fourth-order valence-corrected chi connectivity index (χ4v) is 2.89. The third kappa shape index (κ3) is 4.37. The number of hydrogen-bond donors (Lipinski definition) is 1. The summed E-state index contributed by atoms with van der Waals surface area (Å²) in [7, 11) is 5.83. The van der Waals surface area contributed by atoms with Gasteiger partial charge in [0.2, 0.25) is 0 Å². The maximum absolute atomic E-state index is 12.3. The van der Waals surface area contributed by atoms with E-state index in [2.05, 4.69) is 24.3 Å². The van der Waals surface area contributed by atoms with Crippen LogP contribution in [0.3, 0.4) is 0 Å². The van der Waals surface area contributed by atoms with Gasteiger partial charge in [-0.15, -0.1) is 0 Å². The molecule has 1 aromatic carbocycles. The van der Waals surface area contributed by atoms with E-state index in [-0.39, 0.29) is 6.03 Å². The third-order valence-electron chi connectivity index (χ3n) is 4.28. The number of likely N-dealkylation sites (N-methyl/N-ethyl adjacent to an activating group) is 1. The van der Waals surface area contributed by atoms with Gasteiger partial charge in [-0.25, -0.2) is 4.79 Å². The first-order valence-electron chi connectivity index (χ1n) is 7.93. The van der Waals surface area contributed by atoms with Crippen molar-refractivity contribution in [2.24, 2.45) is 0 Å². The minimum absolute atomic E-state index is 0.0430. The van der Waals surface area contributed by atoms with Crippen molar-refractivity contribution in [2.45, 2.75) is 25.3 Å². The molecule has 0 saturated carbocycles. The second kappa shape index (κ2) is 8.03. The normalized spacial score (nSPS) is 18.4. The summed E-state index contributed by atoms with van der Waals surface area (Å²) in [6, 6.07) is 8.44. The van der Waals surface area contributed by atoms with Gasteiger partial charge in [0.15, 0.2) is 0 Å². The van der Waals surface area contributed by atoms with Gasteiger partial charge in [-0.2, -0.15) is 0 Å². The fraction of sp³-hybridized carbons (Fsp3) is 0.588. The van der Waals surface area contributed by atoms with E-state index in [0.717, 1.165) is 43.7 Å². The van der Waals surface area contributed by atoms with E-state index < -0.39 is 0 Å². The van der Waals surface area contributed by atoms with Crippen LogP contribution < -0.4 is 10.1 Å². The highest BCUT2D eigenvalue weighted by molar-refractivity contribution is 5.74. The molecule has 1 aliphatic heterocycles. The van der Waals surface area contributed by atoms with Crippen molar-refractivity contribution in [3.63, 3.8) is 0 Å². The van der Waals surface area contributed by atoms with Gasteiger partial charge in [0.05, 0.1) is 7.11 Å². The summed E-state index contributed by atoms with van der Waals surface area (Å²) in [6.45, 7) is 2.29. The number of nitrogens with one attached hydrogen (secondary N) is 1. The van der Waals surface area contributed by atoms with E-state index in [1.165, 1.54) is 0 Å². The van der Waals surface area contributed by atoms with E-state index in [4.69, 9.17) is 4.74 Å². The molecule has 2 rings (SSSR count). The highest BCUT2D eigenvalue weighted by Gasteiger charge is 2.24. The van der Waals surface area contributed by atoms with Gasteiger partial charge in [0.25, 0.3) is 0 Å². The Bertz CT molecular complexity index is 491. The molecule has 1 aliphatic rings. The van der Waals surface area contributed by atoms with Crippen LogP contribution in [0.2, 0.25) is 0 Å². The molecule has 1 fully saturated rings. The Hall–Kier alpha value is -1.75. The van der Waals surface area contributed by atoms with Gasteiger partial charge in [-0.05, 0) is 45.0 Å². The lowest BCUT2D eigenvalue weighted by Crippen LogP contribution is -2.50. The summed E-state index contributed by atoms with van der Waals surface area (Å²) in [6.07, 6.45) is 3.02. The van der Waals surface area contributed by atoms with Crippen molar-refractivity contribution >= 4 is 6.03 Å². The second-order valence-electron chi connectivity index (χ2n) is 6.00. The van der Waals surface area contributed by atoms with Crippen molar-refractivity contribution in [3.8, 4) is 5.75 Å². The number of para-hydroxylation sites is 1. The van der Waals surface area contributed by atoms with E-state index >= 15 is 0 Å². The molecule has 0 aromatic heterocycles. The molecule has 0 radical (unpaired) electrons. The number of ether oxygens (including phenoxy) is 1. The molecule has 5 heteroatoms. The predicted molar refractivity (Wildman–Crippen MR) is 88.4 cm³/mol. The number of amides is 2. The molecular weight excluding hydrogens is 278 g/mol. The molecule has 1 heterocycles. The largest absolute Gasteiger partial charge is 0.496 e. The highest BCUT2D eigenvalue weighted by atomic mass is 16.5. The van der Waals surface area contributed by atoms with E-state index in [0.29, 0.717) is 12.6 Å². The lowest BCUT2D eigenvalue weighted by Gasteiger charge is -2.36. The summed E-state index contributed by atoms with van der Waals surface area (Å²) in [5, 5.41) is 3.02. The van der Waals surface area contributed by atoms with Crippen molar-refractivity contribution in [1.29, 1.82) is 0 Å². The number of methoxy groups -OCH3 is 1. The zero-order valence-corrected chi connectivity index (χ0v) is 13.8. The number of hydrogen-bond acceptors (Lipinski definition) is 3. The Labute approximate surface area is 133 Å². The Balaban J connectivity index is 1.80. The molecule has 2 amide bonds. The number of piperidine rings is 1. The molecule has 1 saturated heterocycles. The first kappa shape index (κ1) is 16.6. The molecule has 1 atom stereocenters. The number of carbonyl (C=O) groups is 1. The van der Waals surface area contributed by atoms with Crippen LogP contribution in [0.4, 0.5) is 4.79 Å². The number of likely N-dealkylation sites (tertiary alicyclic amines) is 1. The van der Waals surface area contributed by atoms with Gasteiger partial charge in [-0.3, -0.25) is 0 Å². The summed E-state index contributed by atoms with van der Waals surface area (Å²) < 4.78 is 5.33. The third-order valence-corrected chi connectivity index (χ3v) is 4.28. The van der Waals surface area contributed by atoms with Crippen molar-refractivity contribution in [1.82, 2.24) is 15.1 Å². The van der Waals surface area contributed by atoms with Crippen molar-refractivity contribution in [3.05, 3.63) is 29.8 Å². The number of carbonyl (C=O) groups excluding carboxylic acids is 1. The van der Waals surface area contributed by atoms with Crippen LogP contribution in [0, 0.1) is 0 Å². The van der Waals surface area contributed by atoms with Gasteiger partial charge < -0.3 is 19.9 Å². The summed E-state index contributed by atoms with van der Waals surface area (Å²) in [5.41, 5.74) is 1.12. The lowest BCUT2D eigenvalue weighted by molar-refractivity contribution is 0.140. The Morgan fingerprint density at radius 1 is 1.41 bits per heavy atom. The quantitative estimate of drug-likeness (QED) is 0.904.